The predicted octanol–water partition coefficient (Wildman–Crippen LogP) is 3.79. The van der Waals surface area contributed by atoms with E-state index in [4.69, 9.17) is 0 Å². The highest BCUT2D eigenvalue weighted by atomic mass is 19.4. The minimum atomic E-state index is -4.59. The zero-order valence-electron chi connectivity index (χ0n) is 13.1. The molecule has 1 aromatic carbocycles. The van der Waals surface area contributed by atoms with Gasteiger partial charge in [-0.25, -0.2) is 0 Å². The summed E-state index contributed by atoms with van der Waals surface area (Å²) in [6, 6.07) is 4.10. The van der Waals surface area contributed by atoms with E-state index >= 15 is 0 Å². The lowest BCUT2D eigenvalue weighted by atomic mass is 9.84. The minimum absolute atomic E-state index is 0.0350. The summed E-state index contributed by atoms with van der Waals surface area (Å²) >= 11 is 0. The van der Waals surface area contributed by atoms with Crippen molar-refractivity contribution in [3.05, 3.63) is 23.8 Å². The fourth-order valence-electron chi connectivity index (χ4n) is 3.26. The maximum Gasteiger partial charge on any atom is 0.586 e. The fraction of sp³-hybridized carbons (Fsp3) is 0.562. The van der Waals surface area contributed by atoms with E-state index in [1.807, 2.05) is 0 Å². The van der Waals surface area contributed by atoms with Crippen LogP contribution in [0, 0.1) is 5.41 Å². The summed E-state index contributed by atoms with van der Waals surface area (Å²) in [5, 5.41) is 2.33. The molecule has 1 aliphatic carbocycles. The molecule has 1 aromatic rings. The van der Waals surface area contributed by atoms with Crippen molar-refractivity contribution in [1.29, 1.82) is 0 Å². The first-order chi connectivity index (χ1) is 11.6. The Morgan fingerprint density at radius 1 is 1.12 bits per heavy atom. The monoisotopic (exact) mass is 365 g/mol. The average molecular weight is 365 g/mol. The standard InChI is InChI=1S/C16H16F5NO3/c17-15(18,19)14(6-1-2-7-14)13(23)22-8-5-10-3-4-11-12(9-10)25-16(20,21)24-11/h3-4,9H,1-2,5-8H2,(H,22,23). The molecule has 1 N–H and O–H groups in total. The van der Waals surface area contributed by atoms with Crippen LogP contribution in [0.2, 0.25) is 0 Å². The molecule has 0 saturated heterocycles. The molecule has 1 aliphatic heterocycles. The summed E-state index contributed by atoms with van der Waals surface area (Å²) in [7, 11) is 0. The maximum absolute atomic E-state index is 13.3. The molecular formula is C16H16F5NO3. The van der Waals surface area contributed by atoms with Crippen molar-refractivity contribution in [2.75, 3.05) is 6.54 Å². The van der Waals surface area contributed by atoms with E-state index in [9.17, 15) is 26.7 Å². The first-order valence-corrected chi connectivity index (χ1v) is 7.87. The van der Waals surface area contributed by atoms with Crippen LogP contribution < -0.4 is 14.8 Å². The van der Waals surface area contributed by atoms with Crippen molar-refractivity contribution in [3.8, 4) is 11.5 Å². The van der Waals surface area contributed by atoms with Gasteiger partial charge in [0.25, 0.3) is 0 Å². The number of carbonyl (C=O) groups is 1. The topological polar surface area (TPSA) is 47.6 Å². The van der Waals surface area contributed by atoms with E-state index in [1.165, 1.54) is 18.2 Å². The number of rotatable bonds is 4. The Morgan fingerprint density at radius 3 is 2.40 bits per heavy atom. The molecule has 1 amide bonds. The van der Waals surface area contributed by atoms with Gasteiger partial charge in [-0.05, 0) is 37.0 Å². The predicted molar refractivity (Wildman–Crippen MR) is 76.3 cm³/mol. The van der Waals surface area contributed by atoms with Crippen molar-refractivity contribution in [3.63, 3.8) is 0 Å². The lowest BCUT2D eigenvalue weighted by Crippen LogP contribution is -2.49. The summed E-state index contributed by atoms with van der Waals surface area (Å²) in [4.78, 5) is 12.1. The molecule has 4 nitrogen and oxygen atoms in total. The van der Waals surface area contributed by atoms with E-state index in [2.05, 4.69) is 14.8 Å². The van der Waals surface area contributed by atoms with Crippen LogP contribution in [0.1, 0.15) is 31.2 Å². The number of carbonyl (C=O) groups excluding carboxylic acids is 1. The molecule has 1 fully saturated rings. The normalized spacial score (nSPS) is 20.5. The van der Waals surface area contributed by atoms with Crippen LogP contribution in [-0.2, 0) is 11.2 Å². The fourth-order valence-corrected chi connectivity index (χ4v) is 3.26. The second-order valence-corrected chi connectivity index (χ2v) is 6.24. The molecule has 138 valence electrons. The molecule has 3 rings (SSSR count). The van der Waals surface area contributed by atoms with E-state index in [1.54, 1.807) is 0 Å². The Hall–Kier alpha value is -2.06. The van der Waals surface area contributed by atoms with Crippen molar-refractivity contribution < 1.29 is 36.2 Å². The van der Waals surface area contributed by atoms with Crippen LogP contribution in [0.3, 0.4) is 0 Å². The van der Waals surface area contributed by atoms with E-state index in [-0.39, 0.29) is 37.3 Å². The molecular weight excluding hydrogens is 349 g/mol. The van der Waals surface area contributed by atoms with Gasteiger partial charge in [0.2, 0.25) is 5.91 Å². The van der Waals surface area contributed by atoms with Crippen LogP contribution in [0.15, 0.2) is 18.2 Å². The minimum Gasteiger partial charge on any atom is -0.395 e. The third-order valence-electron chi connectivity index (χ3n) is 4.60. The Balaban J connectivity index is 1.59. The number of hydrogen-bond acceptors (Lipinski definition) is 3. The first kappa shape index (κ1) is 17.8. The summed E-state index contributed by atoms with van der Waals surface area (Å²) in [6.07, 6.45) is -7.81. The number of halogens is 5. The molecule has 0 aromatic heterocycles. The van der Waals surface area contributed by atoms with Gasteiger partial charge in [-0.3, -0.25) is 4.79 Å². The van der Waals surface area contributed by atoms with Crippen LogP contribution in [0.5, 0.6) is 11.5 Å². The number of amides is 1. The van der Waals surface area contributed by atoms with Crippen LogP contribution in [0.25, 0.3) is 0 Å². The van der Waals surface area contributed by atoms with Gasteiger partial charge in [-0.15, -0.1) is 8.78 Å². The maximum atomic E-state index is 13.3. The molecule has 2 aliphatic rings. The molecule has 0 spiro atoms. The quantitative estimate of drug-likeness (QED) is 0.826. The van der Waals surface area contributed by atoms with Crippen molar-refractivity contribution in [1.82, 2.24) is 5.32 Å². The first-order valence-electron chi connectivity index (χ1n) is 7.87. The van der Waals surface area contributed by atoms with Gasteiger partial charge in [0.1, 0.15) is 5.41 Å². The zero-order chi connectivity index (χ0) is 18.3. The summed E-state index contributed by atoms with van der Waals surface area (Å²) < 4.78 is 74.3. The molecule has 0 radical (unpaired) electrons. The highest BCUT2D eigenvalue weighted by Crippen LogP contribution is 2.50. The second-order valence-electron chi connectivity index (χ2n) is 6.24. The SMILES string of the molecule is O=C(NCCc1ccc2c(c1)OC(F)(F)O2)C1(C(F)(F)F)CCCC1. The molecule has 25 heavy (non-hydrogen) atoms. The molecule has 9 heteroatoms. The Kier molecular flexibility index (Phi) is 4.28. The number of nitrogens with one attached hydrogen (secondary N) is 1. The highest BCUT2D eigenvalue weighted by Gasteiger charge is 2.60. The second kappa shape index (κ2) is 6.03. The van der Waals surface area contributed by atoms with E-state index < -0.39 is 23.8 Å². The molecule has 1 heterocycles. The zero-order valence-corrected chi connectivity index (χ0v) is 13.1. The van der Waals surface area contributed by atoms with Crippen molar-refractivity contribution in [2.24, 2.45) is 5.41 Å². The molecule has 0 atom stereocenters. The van der Waals surface area contributed by atoms with Crippen molar-refractivity contribution in [2.45, 2.75) is 44.6 Å². The van der Waals surface area contributed by atoms with Gasteiger partial charge in [-0.2, -0.15) is 13.2 Å². The summed E-state index contributed by atoms with van der Waals surface area (Å²) in [6.45, 7) is -0.0350. The lowest BCUT2D eigenvalue weighted by molar-refractivity contribution is -0.286. The number of hydrogen-bond donors (Lipinski definition) is 1. The summed E-state index contributed by atoms with van der Waals surface area (Å²) in [5.74, 6) is -1.28. The van der Waals surface area contributed by atoms with Crippen LogP contribution in [0.4, 0.5) is 22.0 Å². The number of alkyl halides is 5. The number of fused-ring (bicyclic) bond motifs is 1. The van der Waals surface area contributed by atoms with E-state index in [0.717, 1.165) is 0 Å². The molecule has 0 unspecified atom stereocenters. The smallest absolute Gasteiger partial charge is 0.395 e. The Morgan fingerprint density at radius 2 is 1.76 bits per heavy atom. The number of benzene rings is 1. The molecule has 1 saturated carbocycles. The Bertz CT molecular complexity index is 668. The largest absolute Gasteiger partial charge is 0.586 e. The van der Waals surface area contributed by atoms with Gasteiger partial charge in [-0.1, -0.05) is 18.9 Å². The van der Waals surface area contributed by atoms with Crippen molar-refractivity contribution >= 4 is 5.91 Å². The van der Waals surface area contributed by atoms with Crippen LogP contribution >= 0.6 is 0 Å². The highest BCUT2D eigenvalue weighted by molar-refractivity contribution is 5.83. The Labute approximate surface area is 140 Å². The average Bonchev–Trinajstić information content (AvgIpc) is 3.09. The molecule has 0 bridgehead atoms. The van der Waals surface area contributed by atoms with Crippen LogP contribution in [-0.4, -0.2) is 24.9 Å². The van der Waals surface area contributed by atoms with Gasteiger partial charge in [0.05, 0.1) is 0 Å². The lowest BCUT2D eigenvalue weighted by Gasteiger charge is -2.30. The van der Waals surface area contributed by atoms with Gasteiger partial charge < -0.3 is 14.8 Å². The number of ether oxygens (including phenoxy) is 2. The third-order valence-corrected chi connectivity index (χ3v) is 4.60. The van der Waals surface area contributed by atoms with Gasteiger partial charge >= 0.3 is 12.5 Å². The van der Waals surface area contributed by atoms with E-state index in [0.29, 0.717) is 18.4 Å². The third kappa shape index (κ3) is 3.36. The summed E-state index contributed by atoms with van der Waals surface area (Å²) in [5.41, 5.74) is -1.78. The van der Waals surface area contributed by atoms with Gasteiger partial charge in [0.15, 0.2) is 11.5 Å². The van der Waals surface area contributed by atoms with Gasteiger partial charge in [0, 0.05) is 6.54 Å².